The summed E-state index contributed by atoms with van der Waals surface area (Å²) in [7, 11) is 1.27. The quantitative estimate of drug-likeness (QED) is 0.414. The van der Waals surface area contributed by atoms with Crippen LogP contribution in [0.25, 0.3) is 0 Å². The third-order valence-corrected chi connectivity index (χ3v) is 3.42. The van der Waals surface area contributed by atoms with Crippen molar-refractivity contribution in [3.63, 3.8) is 0 Å². The summed E-state index contributed by atoms with van der Waals surface area (Å²) < 4.78 is 21.5. The average Bonchev–Trinajstić information content (AvgIpc) is 2.66. The molecule has 0 saturated carbocycles. The van der Waals surface area contributed by atoms with Crippen molar-refractivity contribution in [2.24, 2.45) is 5.10 Å². The predicted molar refractivity (Wildman–Crippen MR) is 103 cm³/mol. The highest BCUT2D eigenvalue weighted by Crippen LogP contribution is 2.28. The number of carbonyl (C=O) groups excluding carboxylic acids is 1. The number of nitrogens with one attached hydrogen (secondary N) is 1. The molecule has 1 N–H and O–H groups in total. The summed E-state index contributed by atoms with van der Waals surface area (Å²) >= 11 is 0. The molecule has 0 atom stereocenters. The Balaban J connectivity index is 1.92. The Hall–Kier alpha value is -3.22. The lowest BCUT2D eigenvalue weighted by Gasteiger charge is -2.13. The van der Waals surface area contributed by atoms with Crippen molar-refractivity contribution in [1.29, 1.82) is 0 Å². The molecule has 0 saturated heterocycles. The van der Waals surface area contributed by atoms with Gasteiger partial charge < -0.3 is 18.9 Å². The van der Waals surface area contributed by atoms with Gasteiger partial charge in [0.05, 0.1) is 19.9 Å². The number of carbonyl (C=O) groups is 1. The largest absolute Gasteiger partial charge is 0.490 e. The monoisotopic (exact) mass is 372 g/mol. The first-order chi connectivity index (χ1) is 13.1. The number of aryl methyl sites for hydroxylation is 1. The molecule has 0 aliphatic heterocycles. The van der Waals surface area contributed by atoms with Crippen molar-refractivity contribution in [1.82, 2.24) is 5.43 Å². The van der Waals surface area contributed by atoms with E-state index in [0.717, 1.165) is 16.9 Å². The summed E-state index contributed by atoms with van der Waals surface area (Å²) in [5, 5.41) is 3.79. The number of rotatable bonds is 9. The zero-order valence-electron chi connectivity index (χ0n) is 15.7. The van der Waals surface area contributed by atoms with Crippen molar-refractivity contribution >= 4 is 12.3 Å². The second kappa shape index (κ2) is 10.7. The molecule has 0 aliphatic carbocycles. The van der Waals surface area contributed by atoms with Gasteiger partial charge >= 0.3 is 6.09 Å². The maximum Gasteiger partial charge on any atom is 0.427 e. The first kappa shape index (κ1) is 20.1. The molecule has 0 heterocycles. The highest BCUT2D eigenvalue weighted by atomic mass is 16.5. The van der Waals surface area contributed by atoms with Crippen LogP contribution < -0.4 is 19.6 Å². The molecule has 1 amide bonds. The summed E-state index contributed by atoms with van der Waals surface area (Å²) in [6, 6.07) is 13.2. The summed E-state index contributed by atoms with van der Waals surface area (Å²) in [5.41, 5.74) is 4.12. The lowest BCUT2D eigenvalue weighted by atomic mass is 10.2. The van der Waals surface area contributed by atoms with Gasteiger partial charge in [-0.25, -0.2) is 10.2 Å². The highest BCUT2D eigenvalue weighted by Gasteiger charge is 2.06. The lowest BCUT2D eigenvalue weighted by Crippen LogP contribution is -2.16. The molecule has 2 aromatic rings. The van der Waals surface area contributed by atoms with E-state index in [4.69, 9.17) is 14.2 Å². The fourth-order valence-electron chi connectivity index (χ4n) is 2.21. The molecular weight excluding hydrogens is 348 g/mol. The second-order valence-corrected chi connectivity index (χ2v) is 5.51. The lowest BCUT2D eigenvalue weighted by molar-refractivity contribution is 0.171. The van der Waals surface area contributed by atoms with E-state index >= 15 is 0 Å². The van der Waals surface area contributed by atoms with Gasteiger partial charge in [0.1, 0.15) is 19.0 Å². The molecule has 7 heteroatoms. The van der Waals surface area contributed by atoms with E-state index in [1.54, 1.807) is 12.1 Å². The van der Waals surface area contributed by atoms with Crippen LogP contribution in [0.2, 0.25) is 0 Å². The van der Waals surface area contributed by atoms with Gasteiger partial charge in [0, 0.05) is 0 Å². The summed E-state index contributed by atoms with van der Waals surface area (Å²) in [6.07, 6.45) is 0.856. The molecule has 2 aromatic carbocycles. The van der Waals surface area contributed by atoms with E-state index in [1.165, 1.54) is 13.3 Å². The average molecular weight is 372 g/mol. The van der Waals surface area contributed by atoms with Crippen molar-refractivity contribution in [3.05, 3.63) is 53.6 Å². The van der Waals surface area contributed by atoms with E-state index in [1.807, 2.05) is 44.2 Å². The zero-order chi connectivity index (χ0) is 19.5. The van der Waals surface area contributed by atoms with E-state index in [-0.39, 0.29) is 0 Å². The molecule has 0 spiro atoms. The van der Waals surface area contributed by atoms with Crippen LogP contribution >= 0.6 is 0 Å². The Morgan fingerprint density at radius 1 is 1.07 bits per heavy atom. The Morgan fingerprint density at radius 2 is 1.89 bits per heavy atom. The number of hydrogen-bond acceptors (Lipinski definition) is 6. The van der Waals surface area contributed by atoms with E-state index in [0.29, 0.717) is 31.3 Å². The van der Waals surface area contributed by atoms with Crippen LogP contribution in [0, 0.1) is 6.92 Å². The van der Waals surface area contributed by atoms with Gasteiger partial charge in [0.25, 0.3) is 0 Å². The van der Waals surface area contributed by atoms with Crippen molar-refractivity contribution < 1.29 is 23.7 Å². The maximum atomic E-state index is 11.0. The standard InChI is InChI=1S/C20H24N2O5/c1-4-25-19-13-16(14-21-22-20(23)24-3)8-9-18(19)27-11-10-26-17-7-5-6-15(2)12-17/h5-9,12-14H,4,10-11H2,1-3H3,(H,22,23)/b21-14-. The molecular formula is C20H24N2O5. The van der Waals surface area contributed by atoms with Crippen LogP contribution in [0.1, 0.15) is 18.1 Å². The number of hydrazone groups is 1. The first-order valence-corrected chi connectivity index (χ1v) is 8.58. The molecule has 27 heavy (non-hydrogen) atoms. The van der Waals surface area contributed by atoms with Crippen molar-refractivity contribution in [3.8, 4) is 17.2 Å². The Morgan fingerprint density at radius 3 is 2.63 bits per heavy atom. The van der Waals surface area contributed by atoms with Gasteiger partial charge in [0.15, 0.2) is 11.5 Å². The van der Waals surface area contributed by atoms with Crippen LogP contribution in [0.3, 0.4) is 0 Å². The smallest absolute Gasteiger partial charge is 0.427 e. The summed E-state index contributed by atoms with van der Waals surface area (Å²) in [5.74, 6) is 2.02. The number of benzene rings is 2. The maximum absolute atomic E-state index is 11.0. The zero-order valence-corrected chi connectivity index (χ0v) is 15.7. The number of hydrogen-bond donors (Lipinski definition) is 1. The van der Waals surface area contributed by atoms with Gasteiger partial charge in [-0.1, -0.05) is 12.1 Å². The number of methoxy groups -OCH3 is 1. The van der Waals surface area contributed by atoms with E-state index in [2.05, 4.69) is 15.3 Å². The van der Waals surface area contributed by atoms with Crippen LogP contribution in [-0.2, 0) is 4.74 Å². The third kappa shape index (κ3) is 6.89. The number of nitrogens with zero attached hydrogens (tertiary/aromatic N) is 1. The van der Waals surface area contributed by atoms with Gasteiger partial charge in [0.2, 0.25) is 0 Å². The van der Waals surface area contributed by atoms with E-state index < -0.39 is 6.09 Å². The third-order valence-electron chi connectivity index (χ3n) is 3.42. The normalized spacial score (nSPS) is 10.5. The van der Waals surface area contributed by atoms with Gasteiger partial charge in [-0.05, 0) is 55.3 Å². The first-order valence-electron chi connectivity index (χ1n) is 8.58. The van der Waals surface area contributed by atoms with Gasteiger partial charge in [-0.3, -0.25) is 0 Å². The van der Waals surface area contributed by atoms with E-state index in [9.17, 15) is 4.79 Å². The predicted octanol–water partition coefficient (Wildman–Crippen LogP) is 3.54. The van der Waals surface area contributed by atoms with Gasteiger partial charge in [-0.15, -0.1) is 0 Å². The number of amides is 1. The minimum Gasteiger partial charge on any atom is -0.490 e. The Bertz CT molecular complexity index is 777. The van der Waals surface area contributed by atoms with Crippen molar-refractivity contribution in [2.75, 3.05) is 26.9 Å². The molecule has 144 valence electrons. The molecule has 0 radical (unpaired) electrons. The summed E-state index contributed by atoms with van der Waals surface area (Å²) in [4.78, 5) is 11.0. The molecule has 0 unspecified atom stereocenters. The van der Waals surface area contributed by atoms with Crippen LogP contribution in [0.4, 0.5) is 4.79 Å². The summed E-state index contributed by atoms with van der Waals surface area (Å²) in [6.45, 7) is 5.21. The fraction of sp³-hybridized carbons (Fsp3) is 0.300. The minimum absolute atomic E-state index is 0.380. The molecule has 0 aliphatic rings. The Kier molecular flexibility index (Phi) is 7.96. The topological polar surface area (TPSA) is 78.4 Å². The van der Waals surface area contributed by atoms with Crippen LogP contribution in [0.15, 0.2) is 47.6 Å². The molecule has 0 fully saturated rings. The molecule has 2 rings (SSSR count). The van der Waals surface area contributed by atoms with Gasteiger partial charge in [-0.2, -0.15) is 5.10 Å². The molecule has 0 aromatic heterocycles. The highest BCUT2D eigenvalue weighted by molar-refractivity contribution is 5.82. The molecule has 7 nitrogen and oxygen atoms in total. The minimum atomic E-state index is -0.634. The van der Waals surface area contributed by atoms with Crippen LogP contribution in [0.5, 0.6) is 17.2 Å². The number of ether oxygens (including phenoxy) is 4. The van der Waals surface area contributed by atoms with Crippen molar-refractivity contribution in [2.45, 2.75) is 13.8 Å². The SMILES string of the molecule is CCOc1cc(/C=N\NC(=O)OC)ccc1OCCOc1cccc(C)c1. The Labute approximate surface area is 158 Å². The molecule has 0 bridgehead atoms. The fourth-order valence-corrected chi connectivity index (χ4v) is 2.21. The van der Waals surface area contributed by atoms with Crippen LogP contribution in [-0.4, -0.2) is 39.2 Å². The second-order valence-electron chi connectivity index (χ2n) is 5.51.